The van der Waals surface area contributed by atoms with Crippen LogP contribution >= 0.6 is 0 Å². The predicted octanol–water partition coefficient (Wildman–Crippen LogP) is 1.64. The quantitative estimate of drug-likeness (QED) is 0.473. The second-order valence-electron chi connectivity index (χ2n) is 7.14. The first-order valence-electron chi connectivity index (χ1n) is 9.84. The molecule has 10 nitrogen and oxygen atoms in total. The maximum Gasteiger partial charge on any atom is 0.254 e. The van der Waals surface area contributed by atoms with E-state index in [9.17, 15) is 0 Å². The minimum Gasteiger partial charge on any atom is -0.377 e. The van der Waals surface area contributed by atoms with E-state index < -0.39 is 0 Å². The lowest BCUT2D eigenvalue weighted by Gasteiger charge is -2.35. The Hall–Kier alpha value is -3.37. The van der Waals surface area contributed by atoms with Crippen molar-refractivity contribution in [3.8, 4) is 11.3 Å². The summed E-state index contributed by atoms with van der Waals surface area (Å²) in [6.45, 7) is 4.45. The summed E-state index contributed by atoms with van der Waals surface area (Å²) in [6.07, 6.45) is 1.55. The zero-order valence-corrected chi connectivity index (χ0v) is 16.7. The van der Waals surface area contributed by atoms with Gasteiger partial charge in [0.1, 0.15) is 18.8 Å². The third-order valence-electron chi connectivity index (χ3n) is 5.14. The average Bonchev–Trinajstić information content (AvgIpc) is 3.44. The molecule has 1 aliphatic rings. The molecule has 0 bridgehead atoms. The molecule has 0 aliphatic carbocycles. The number of piperazine rings is 1. The molecule has 4 heterocycles. The second-order valence-corrected chi connectivity index (χ2v) is 7.14. The molecular formula is C20H22N8O2. The Bertz CT molecular complexity index is 1120. The van der Waals surface area contributed by atoms with Gasteiger partial charge in [0.25, 0.3) is 5.78 Å². The summed E-state index contributed by atoms with van der Waals surface area (Å²) in [5, 5.41) is 8.31. The molecule has 0 atom stereocenters. The molecule has 1 fully saturated rings. The van der Waals surface area contributed by atoms with E-state index in [0.29, 0.717) is 30.6 Å². The van der Waals surface area contributed by atoms with E-state index in [1.165, 1.54) is 0 Å². The van der Waals surface area contributed by atoms with Gasteiger partial charge in [0.2, 0.25) is 5.89 Å². The molecular weight excluding hydrogens is 384 g/mol. The largest absolute Gasteiger partial charge is 0.377 e. The van der Waals surface area contributed by atoms with E-state index in [2.05, 4.69) is 53.2 Å². The molecule has 30 heavy (non-hydrogen) atoms. The summed E-state index contributed by atoms with van der Waals surface area (Å²) in [5.41, 5.74) is 1.95. The molecule has 1 saturated heterocycles. The maximum atomic E-state index is 5.32. The zero-order chi connectivity index (χ0) is 20.3. The van der Waals surface area contributed by atoms with Crippen LogP contribution in [0.25, 0.3) is 17.0 Å². The van der Waals surface area contributed by atoms with Gasteiger partial charge in [0, 0.05) is 44.9 Å². The standard InChI is InChI=1S/C20H22N8O2/c1-29-13-17-24-18(30-25-17)12-26-7-9-27(10-8-26)19-11-16(15-5-3-2-4-6-15)23-20-21-14-22-28(19)20/h2-6,11,14H,7-10,12-13H2,1H3. The summed E-state index contributed by atoms with van der Waals surface area (Å²) >= 11 is 0. The van der Waals surface area contributed by atoms with E-state index in [-0.39, 0.29) is 0 Å². The molecule has 10 heteroatoms. The molecule has 0 amide bonds. The second kappa shape index (κ2) is 8.17. The van der Waals surface area contributed by atoms with Crippen LogP contribution in [0, 0.1) is 0 Å². The van der Waals surface area contributed by atoms with Gasteiger partial charge in [0.05, 0.1) is 12.2 Å². The summed E-state index contributed by atoms with van der Waals surface area (Å²) in [5.74, 6) is 2.79. The minimum absolute atomic E-state index is 0.358. The van der Waals surface area contributed by atoms with E-state index in [1.807, 2.05) is 18.2 Å². The van der Waals surface area contributed by atoms with E-state index in [0.717, 1.165) is 43.3 Å². The number of methoxy groups -OCH3 is 1. The van der Waals surface area contributed by atoms with Gasteiger partial charge >= 0.3 is 0 Å². The van der Waals surface area contributed by atoms with Crippen LogP contribution in [-0.4, -0.2) is 67.9 Å². The average molecular weight is 406 g/mol. The van der Waals surface area contributed by atoms with Crippen LogP contribution in [0.4, 0.5) is 5.82 Å². The number of rotatable bonds is 6. The lowest BCUT2D eigenvalue weighted by Crippen LogP contribution is -2.46. The molecule has 0 radical (unpaired) electrons. The van der Waals surface area contributed by atoms with E-state index in [1.54, 1.807) is 18.0 Å². The smallest absolute Gasteiger partial charge is 0.254 e. The van der Waals surface area contributed by atoms with Gasteiger partial charge in [-0.15, -0.1) is 0 Å². The fourth-order valence-electron chi connectivity index (χ4n) is 3.65. The molecule has 154 valence electrons. The number of anilines is 1. The Morgan fingerprint density at radius 2 is 1.90 bits per heavy atom. The maximum absolute atomic E-state index is 5.32. The highest BCUT2D eigenvalue weighted by molar-refractivity contribution is 5.65. The van der Waals surface area contributed by atoms with Gasteiger partial charge in [-0.25, -0.2) is 4.98 Å². The van der Waals surface area contributed by atoms with Crippen LogP contribution in [0.2, 0.25) is 0 Å². The van der Waals surface area contributed by atoms with Crippen LogP contribution in [0.15, 0.2) is 47.2 Å². The number of nitrogens with zero attached hydrogens (tertiary/aromatic N) is 8. The molecule has 1 aromatic carbocycles. The number of hydrogen-bond donors (Lipinski definition) is 0. The number of ether oxygens (including phenoxy) is 1. The van der Waals surface area contributed by atoms with Crippen LogP contribution < -0.4 is 4.90 Å². The fraction of sp³-hybridized carbons (Fsp3) is 0.350. The SMILES string of the molecule is COCc1noc(CN2CCN(c3cc(-c4ccccc4)nc4ncnn34)CC2)n1. The van der Waals surface area contributed by atoms with Crippen molar-refractivity contribution in [3.05, 3.63) is 54.4 Å². The number of fused-ring (bicyclic) bond motifs is 1. The van der Waals surface area contributed by atoms with Crippen molar-refractivity contribution in [1.29, 1.82) is 0 Å². The molecule has 5 rings (SSSR count). The Balaban J connectivity index is 1.32. The zero-order valence-electron chi connectivity index (χ0n) is 16.7. The fourth-order valence-corrected chi connectivity index (χ4v) is 3.65. The van der Waals surface area contributed by atoms with Gasteiger partial charge in [0.15, 0.2) is 5.82 Å². The normalized spacial score (nSPS) is 15.2. The Morgan fingerprint density at radius 3 is 2.70 bits per heavy atom. The lowest BCUT2D eigenvalue weighted by atomic mass is 10.1. The van der Waals surface area contributed by atoms with Crippen molar-refractivity contribution >= 4 is 11.6 Å². The highest BCUT2D eigenvalue weighted by atomic mass is 16.5. The molecule has 1 aliphatic heterocycles. The number of hydrogen-bond acceptors (Lipinski definition) is 9. The number of benzene rings is 1. The van der Waals surface area contributed by atoms with Gasteiger partial charge in [-0.2, -0.15) is 19.6 Å². The summed E-state index contributed by atoms with van der Waals surface area (Å²) in [4.78, 5) is 18.0. The van der Waals surface area contributed by atoms with Gasteiger partial charge in [-0.05, 0) is 0 Å². The van der Waals surface area contributed by atoms with Crippen molar-refractivity contribution in [2.24, 2.45) is 0 Å². The summed E-state index contributed by atoms with van der Waals surface area (Å²) < 4.78 is 12.2. The van der Waals surface area contributed by atoms with Crippen molar-refractivity contribution < 1.29 is 9.26 Å². The van der Waals surface area contributed by atoms with Crippen molar-refractivity contribution in [2.45, 2.75) is 13.2 Å². The van der Waals surface area contributed by atoms with Crippen molar-refractivity contribution in [3.63, 3.8) is 0 Å². The molecule has 0 N–H and O–H groups in total. The number of aromatic nitrogens is 6. The molecule has 0 saturated carbocycles. The highest BCUT2D eigenvalue weighted by Crippen LogP contribution is 2.24. The van der Waals surface area contributed by atoms with Crippen molar-refractivity contribution in [1.82, 2.24) is 34.6 Å². The Kier molecular flexibility index (Phi) is 5.08. The first-order valence-corrected chi connectivity index (χ1v) is 9.84. The Morgan fingerprint density at radius 1 is 1.07 bits per heavy atom. The predicted molar refractivity (Wildman–Crippen MR) is 109 cm³/mol. The van der Waals surface area contributed by atoms with E-state index >= 15 is 0 Å². The first-order chi connectivity index (χ1) is 14.8. The third-order valence-corrected chi connectivity index (χ3v) is 5.14. The molecule has 0 unspecified atom stereocenters. The van der Waals surface area contributed by atoms with Crippen LogP contribution in [-0.2, 0) is 17.9 Å². The van der Waals surface area contributed by atoms with Gasteiger partial charge < -0.3 is 14.2 Å². The molecule has 4 aromatic rings. The van der Waals surface area contributed by atoms with Crippen LogP contribution in [0.1, 0.15) is 11.7 Å². The van der Waals surface area contributed by atoms with E-state index in [4.69, 9.17) is 9.26 Å². The van der Waals surface area contributed by atoms with Crippen LogP contribution in [0.5, 0.6) is 0 Å². The highest BCUT2D eigenvalue weighted by Gasteiger charge is 2.22. The summed E-state index contributed by atoms with van der Waals surface area (Å²) in [7, 11) is 1.61. The Labute approximate surface area is 173 Å². The topological polar surface area (TPSA) is 97.7 Å². The minimum atomic E-state index is 0.358. The van der Waals surface area contributed by atoms with Crippen molar-refractivity contribution in [2.75, 3.05) is 38.2 Å². The third kappa shape index (κ3) is 3.74. The van der Waals surface area contributed by atoms with Crippen LogP contribution in [0.3, 0.4) is 0 Å². The molecule has 3 aromatic heterocycles. The summed E-state index contributed by atoms with van der Waals surface area (Å²) in [6, 6.07) is 12.2. The van der Waals surface area contributed by atoms with Gasteiger partial charge in [-0.3, -0.25) is 4.90 Å². The molecule has 0 spiro atoms. The first kappa shape index (κ1) is 18.6. The van der Waals surface area contributed by atoms with Gasteiger partial charge in [-0.1, -0.05) is 35.5 Å². The monoisotopic (exact) mass is 406 g/mol. The lowest BCUT2D eigenvalue weighted by molar-refractivity contribution is 0.174.